The Morgan fingerprint density at radius 1 is 1.05 bits per heavy atom. The molecule has 110 valence electrons. The number of carbonyl (C=O) groups excluding carboxylic acids is 1. The molecule has 2 saturated heterocycles. The van der Waals surface area contributed by atoms with Crippen molar-refractivity contribution in [3.8, 4) is 0 Å². The topological polar surface area (TPSA) is 35.6 Å². The molecule has 2 fully saturated rings. The normalized spacial score (nSPS) is 24.8. The van der Waals surface area contributed by atoms with Crippen LogP contribution in [0.2, 0.25) is 0 Å². The fourth-order valence-electron chi connectivity index (χ4n) is 3.01. The minimum absolute atomic E-state index is 0.155. The average Bonchev–Trinajstić information content (AvgIpc) is 2.69. The monoisotopic (exact) mass is 267 g/mol. The first kappa shape index (κ1) is 14.6. The van der Waals surface area contributed by atoms with Gasteiger partial charge < -0.3 is 15.1 Å². The minimum Gasteiger partial charge on any atom is -0.337 e. The number of hydrogen-bond acceptors (Lipinski definition) is 2. The van der Waals surface area contributed by atoms with Gasteiger partial charge in [0.1, 0.15) is 0 Å². The Kier molecular flexibility index (Phi) is 5.08. The summed E-state index contributed by atoms with van der Waals surface area (Å²) in [6.45, 7) is 7.31. The number of amides is 2. The van der Waals surface area contributed by atoms with Crippen LogP contribution in [0.4, 0.5) is 4.79 Å². The summed E-state index contributed by atoms with van der Waals surface area (Å²) in [7, 11) is 2.18. The molecule has 0 spiro atoms. The van der Waals surface area contributed by atoms with Crippen LogP contribution in [0.1, 0.15) is 45.4 Å². The van der Waals surface area contributed by atoms with Gasteiger partial charge in [-0.05, 0) is 51.2 Å². The highest BCUT2D eigenvalue weighted by atomic mass is 16.2. The van der Waals surface area contributed by atoms with E-state index in [0.29, 0.717) is 0 Å². The predicted molar refractivity (Wildman–Crippen MR) is 78.3 cm³/mol. The second kappa shape index (κ2) is 6.60. The fourth-order valence-corrected chi connectivity index (χ4v) is 3.01. The molecule has 0 radical (unpaired) electrons. The molecule has 1 N–H and O–H groups in total. The van der Waals surface area contributed by atoms with E-state index in [1.165, 1.54) is 25.7 Å². The van der Waals surface area contributed by atoms with Crippen molar-refractivity contribution in [1.29, 1.82) is 0 Å². The lowest BCUT2D eigenvalue weighted by Crippen LogP contribution is -2.47. The number of carbonyl (C=O) groups is 1. The molecular weight excluding hydrogens is 238 g/mol. The van der Waals surface area contributed by atoms with E-state index in [1.54, 1.807) is 0 Å². The standard InChI is InChI=1S/C15H29N3O/c1-15(7-11-17(2)12-8-15)13-16-14(19)18-9-5-3-4-6-10-18/h3-13H2,1-2H3,(H,16,19). The van der Waals surface area contributed by atoms with Crippen molar-refractivity contribution in [2.45, 2.75) is 45.4 Å². The lowest BCUT2D eigenvalue weighted by Gasteiger charge is -2.38. The summed E-state index contributed by atoms with van der Waals surface area (Å²) < 4.78 is 0. The SMILES string of the molecule is CN1CCC(C)(CNC(=O)N2CCCCCC2)CC1. The van der Waals surface area contributed by atoms with Crippen molar-refractivity contribution in [3.05, 3.63) is 0 Å². The van der Waals surface area contributed by atoms with E-state index < -0.39 is 0 Å². The third-order valence-corrected chi connectivity index (χ3v) is 4.75. The summed E-state index contributed by atoms with van der Waals surface area (Å²) in [5.41, 5.74) is 0.286. The van der Waals surface area contributed by atoms with Crippen molar-refractivity contribution in [3.63, 3.8) is 0 Å². The smallest absolute Gasteiger partial charge is 0.317 e. The van der Waals surface area contributed by atoms with Crippen LogP contribution in [0.25, 0.3) is 0 Å². The van der Waals surface area contributed by atoms with Gasteiger partial charge in [-0.3, -0.25) is 0 Å². The first-order valence-corrected chi connectivity index (χ1v) is 7.80. The number of nitrogens with zero attached hydrogens (tertiary/aromatic N) is 2. The van der Waals surface area contributed by atoms with E-state index in [-0.39, 0.29) is 11.4 Å². The van der Waals surface area contributed by atoms with E-state index in [2.05, 4.69) is 24.2 Å². The molecule has 19 heavy (non-hydrogen) atoms. The molecule has 0 saturated carbocycles. The number of nitrogens with one attached hydrogen (secondary N) is 1. The van der Waals surface area contributed by atoms with E-state index in [4.69, 9.17) is 0 Å². The van der Waals surface area contributed by atoms with Gasteiger partial charge in [0.2, 0.25) is 0 Å². The highest BCUT2D eigenvalue weighted by Crippen LogP contribution is 2.29. The lowest BCUT2D eigenvalue weighted by atomic mass is 9.80. The van der Waals surface area contributed by atoms with Crippen molar-refractivity contribution in [2.24, 2.45) is 5.41 Å². The maximum Gasteiger partial charge on any atom is 0.317 e. The number of likely N-dealkylation sites (tertiary alicyclic amines) is 2. The number of piperidine rings is 1. The van der Waals surface area contributed by atoms with Crippen LogP contribution in [0.5, 0.6) is 0 Å². The number of urea groups is 1. The Morgan fingerprint density at radius 2 is 1.63 bits per heavy atom. The molecule has 0 aromatic rings. The second-order valence-corrected chi connectivity index (χ2v) is 6.67. The van der Waals surface area contributed by atoms with Crippen molar-refractivity contribution >= 4 is 6.03 Å². The molecule has 4 nitrogen and oxygen atoms in total. The van der Waals surface area contributed by atoms with Crippen LogP contribution < -0.4 is 5.32 Å². The van der Waals surface area contributed by atoms with Crippen molar-refractivity contribution in [2.75, 3.05) is 39.8 Å². The number of hydrogen-bond donors (Lipinski definition) is 1. The zero-order chi connectivity index (χ0) is 13.7. The molecule has 0 atom stereocenters. The highest BCUT2D eigenvalue weighted by molar-refractivity contribution is 5.74. The van der Waals surface area contributed by atoms with E-state index >= 15 is 0 Å². The molecule has 0 aliphatic carbocycles. The van der Waals surface area contributed by atoms with Crippen LogP contribution in [0, 0.1) is 5.41 Å². The van der Waals surface area contributed by atoms with Gasteiger partial charge in [0.15, 0.2) is 0 Å². The zero-order valence-corrected chi connectivity index (χ0v) is 12.6. The Bertz CT molecular complexity index is 290. The molecule has 0 bridgehead atoms. The Morgan fingerprint density at radius 3 is 2.21 bits per heavy atom. The van der Waals surface area contributed by atoms with Gasteiger partial charge >= 0.3 is 6.03 Å². The first-order chi connectivity index (χ1) is 9.09. The maximum absolute atomic E-state index is 12.2. The third-order valence-electron chi connectivity index (χ3n) is 4.75. The van der Waals surface area contributed by atoms with Gasteiger partial charge in [-0.1, -0.05) is 19.8 Å². The largest absolute Gasteiger partial charge is 0.337 e. The fraction of sp³-hybridized carbons (Fsp3) is 0.933. The van der Waals surface area contributed by atoms with Crippen molar-refractivity contribution < 1.29 is 4.79 Å². The van der Waals surface area contributed by atoms with Crippen molar-refractivity contribution in [1.82, 2.24) is 15.1 Å². The zero-order valence-electron chi connectivity index (χ0n) is 12.6. The second-order valence-electron chi connectivity index (χ2n) is 6.67. The minimum atomic E-state index is 0.155. The summed E-state index contributed by atoms with van der Waals surface area (Å²) in [4.78, 5) is 16.6. The molecule has 0 aromatic heterocycles. The molecular formula is C15H29N3O. The van der Waals surface area contributed by atoms with Crippen LogP contribution in [-0.2, 0) is 0 Å². The van der Waals surface area contributed by atoms with Gasteiger partial charge in [0, 0.05) is 19.6 Å². The van der Waals surface area contributed by atoms with Gasteiger partial charge in [0.25, 0.3) is 0 Å². The highest BCUT2D eigenvalue weighted by Gasteiger charge is 2.29. The van der Waals surface area contributed by atoms with Crippen LogP contribution in [0.15, 0.2) is 0 Å². The van der Waals surface area contributed by atoms with Crippen LogP contribution >= 0.6 is 0 Å². The van der Waals surface area contributed by atoms with Gasteiger partial charge in [-0.15, -0.1) is 0 Å². The Hall–Kier alpha value is -0.770. The maximum atomic E-state index is 12.2. The molecule has 2 amide bonds. The molecule has 4 heteroatoms. The quantitative estimate of drug-likeness (QED) is 0.833. The molecule has 0 aromatic carbocycles. The number of rotatable bonds is 2. The van der Waals surface area contributed by atoms with E-state index in [1.807, 2.05) is 4.90 Å². The first-order valence-electron chi connectivity index (χ1n) is 7.80. The van der Waals surface area contributed by atoms with E-state index in [9.17, 15) is 4.79 Å². The van der Waals surface area contributed by atoms with Gasteiger partial charge in [-0.25, -0.2) is 4.79 Å². The molecule has 0 unspecified atom stereocenters. The lowest BCUT2D eigenvalue weighted by molar-refractivity contribution is 0.133. The summed E-state index contributed by atoms with van der Waals surface area (Å²) in [6.07, 6.45) is 7.24. The van der Waals surface area contributed by atoms with Crippen LogP contribution in [0.3, 0.4) is 0 Å². The molecule has 2 heterocycles. The summed E-state index contributed by atoms with van der Waals surface area (Å²) >= 11 is 0. The third kappa shape index (κ3) is 4.37. The average molecular weight is 267 g/mol. The van der Waals surface area contributed by atoms with Gasteiger partial charge in [0.05, 0.1) is 0 Å². The predicted octanol–water partition coefficient (Wildman–Crippen LogP) is 2.30. The van der Waals surface area contributed by atoms with E-state index in [0.717, 1.165) is 45.6 Å². The Labute approximate surface area is 117 Å². The summed E-state index contributed by atoms with van der Waals surface area (Å²) in [6, 6.07) is 0.155. The molecule has 2 rings (SSSR count). The molecule has 2 aliphatic rings. The van der Waals surface area contributed by atoms with Gasteiger partial charge in [-0.2, -0.15) is 0 Å². The van der Waals surface area contributed by atoms with Crippen LogP contribution in [-0.4, -0.2) is 55.6 Å². The summed E-state index contributed by atoms with van der Waals surface area (Å²) in [5, 5.41) is 3.17. The molecule has 2 aliphatic heterocycles. The Balaban J connectivity index is 1.76. The summed E-state index contributed by atoms with van der Waals surface area (Å²) in [5.74, 6) is 0.